The number of thioether (sulfide) groups is 1. The molecule has 0 radical (unpaired) electrons. The van der Waals surface area contributed by atoms with Crippen LogP contribution in [0.25, 0.3) is 0 Å². The monoisotopic (exact) mass is 259 g/mol. The zero-order valence-electron chi connectivity index (χ0n) is 9.03. The van der Waals surface area contributed by atoms with Crippen molar-refractivity contribution in [3.8, 4) is 0 Å². The number of rotatable bonds is 5. The summed E-state index contributed by atoms with van der Waals surface area (Å²) in [5.74, 6) is 0.0432. The summed E-state index contributed by atoms with van der Waals surface area (Å²) in [6.45, 7) is 2.65. The van der Waals surface area contributed by atoms with Crippen molar-refractivity contribution >= 4 is 29.3 Å². The summed E-state index contributed by atoms with van der Waals surface area (Å²) in [6, 6.07) is 5.59. The van der Waals surface area contributed by atoms with Crippen molar-refractivity contribution < 1.29 is 9.53 Å². The average Bonchev–Trinajstić information content (AvgIpc) is 2.27. The zero-order valence-corrected chi connectivity index (χ0v) is 10.6. The van der Waals surface area contributed by atoms with E-state index in [1.54, 1.807) is 6.92 Å². The van der Waals surface area contributed by atoms with Crippen molar-refractivity contribution in [2.24, 2.45) is 5.73 Å². The molecule has 0 spiro atoms. The highest BCUT2D eigenvalue weighted by atomic mass is 35.5. The third-order valence-corrected chi connectivity index (χ3v) is 3.35. The van der Waals surface area contributed by atoms with E-state index in [0.717, 1.165) is 10.5 Å². The van der Waals surface area contributed by atoms with E-state index in [1.165, 1.54) is 11.8 Å². The van der Waals surface area contributed by atoms with Gasteiger partial charge in [0.05, 0.1) is 17.4 Å². The molecule has 0 aromatic heterocycles. The van der Waals surface area contributed by atoms with Gasteiger partial charge in [-0.2, -0.15) is 0 Å². The molecule has 0 aliphatic heterocycles. The summed E-state index contributed by atoms with van der Waals surface area (Å²) in [5, 5.41) is 0.622. The van der Waals surface area contributed by atoms with E-state index in [2.05, 4.69) is 0 Å². The van der Waals surface area contributed by atoms with Crippen LogP contribution in [0, 0.1) is 0 Å². The molecule has 0 unspecified atom stereocenters. The quantitative estimate of drug-likeness (QED) is 0.652. The summed E-state index contributed by atoms with van der Waals surface area (Å²) in [7, 11) is 0. The summed E-state index contributed by atoms with van der Waals surface area (Å²) in [5.41, 5.74) is 6.47. The number of benzene rings is 1. The Morgan fingerprint density at radius 3 is 2.88 bits per heavy atom. The molecule has 1 rings (SSSR count). The van der Waals surface area contributed by atoms with Gasteiger partial charge in [0.25, 0.3) is 0 Å². The van der Waals surface area contributed by atoms with Crippen LogP contribution in [0.4, 0.5) is 0 Å². The minimum atomic E-state index is -0.230. The van der Waals surface area contributed by atoms with Crippen molar-refractivity contribution in [1.82, 2.24) is 0 Å². The molecule has 2 N–H and O–H groups in total. The van der Waals surface area contributed by atoms with Crippen LogP contribution >= 0.6 is 23.4 Å². The van der Waals surface area contributed by atoms with E-state index < -0.39 is 0 Å². The molecule has 0 aliphatic carbocycles. The Kier molecular flexibility index (Phi) is 5.66. The lowest BCUT2D eigenvalue weighted by Gasteiger charge is -2.05. The molecular formula is C11H14ClNO2S. The van der Waals surface area contributed by atoms with Gasteiger partial charge >= 0.3 is 5.97 Å². The molecule has 1 aromatic carbocycles. The van der Waals surface area contributed by atoms with Gasteiger partial charge in [0.15, 0.2) is 0 Å². The maximum atomic E-state index is 11.1. The van der Waals surface area contributed by atoms with Crippen LogP contribution in [0.2, 0.25) is 5.02 Å². The van der Waals surface area contributed by atoms with Crippen LogP contribution < -0.4 is 5.73 Å². The predicted octanol–water partition coefficient (Wildman–Crippen LogP) is 2.45. The number of hydrogen-bond acceptors (Lipinski definition) is 4. The van der Waals surface area contributed by atoms with Crippen LogP contribution in [0.3, 0.4) is 0 Å². The molecule has 0 fully saturated rings. The van der Waals surface area contributed by atoms with Gasteiger partial charge in [-0.05, 0) is 24.6 Å². The molecule has 0 saturated carbocycles. The Morgan fingerprint density at radius 2 is 2.31 bits per heavy atom. The normalized spacial score (nSPS) is 10.2. The van der Waals surface area contributed by atoms with Gasteiger partial charge in [0.2, 0.25) is 0 Å². The Bertz CT molecular complexity index is 371. The topological polar surface area (TPSA) is 52.3 Å². The van der Waals surface area contributed by atoms with Gasteiger partial charge in [-0.3, -0.25) is 4.79 Å². The Labute approximate surface area is 104 Å². The van der Waals surface area contributed by atoms with Crippen LogP contribution in [0.15, 0.2) is 23.1 Å². The molecule has 0 amide bonds. The summed E-state index contributed by atoms with van der Waals surface area (Å²) < 4.78 is 4.83. The molecule has 3 nitrogen and oxygen atoms in total. The highest BCUT2D eigenvalue weighted by Crippen LogP contribution is 2.27. The smallest absolute Gasteiger partial charge is 0.316 e. The molecule has 16 heavy (non-hydrogen) atoms. The first-order valence-electron chi connectivity index (χ1n) is 4.94. The van der Waals surface area contributed by atoms with Crippen LogP contribution in [0.1, 0.15) is 12.5 Å². The fraction of sp³-hybridized carbons (Fsp3) is 0.364. The molecule has 5 heteroatoms. The molecule has 0 aliphatic rings. The van der Waals surface area contributed by atoms with Crippen LogP contribution in [0.5, 0.6) is 0 Å². The van der Waals surface area contributed by atoms with Crippen molar-refractivity contribution in [1.29, 1.82) is 0 Å². The average molecular weight is 260 g/mol. The number of hydrogen-bond donors (Lipinski definition) is 1. The van der Waals surface area contributed by atoms with Gasteiger partial charge in [-0.1, -0.05) is 17.7 Å². The standard InChI is InChI=1S/C11H14ClNO2S/c1-2-15-11(14)7-16-10-4-3-8(6-13)5-9(10)12/h3-5H,2,6-7,13H2,1H3. The summed E-state index contributed by atoms with van der Waals surface area (Å²) >= 11 is 7.41. The lowest BCUT2D eigenvalue weighted by molar-refractivity contribution is -0.139. The van der Waals surface area contributed by atoms with Gasteiger partial charge in [0.1, 0.15) is 0 Å². The number of halogens is 1. The van der Waals surface area contributed by atoms with Crippen LogP contribution in [-0.2, 0) is 16.1 Å². The second-order valence-electron chi connectivity index (χ2n) is 3.06. The summed E-state index contributed by atoms with van der Waals surface area (Å²) in [6.07, 6.45) is 0. The van der Waals surface area contributed by atoms with Crippen molar-refractivity contribution in [3.05, 3.63) is 28.8 Å². The highest BCUT2D eigenvalue weighted by Gasteiger charge is 2.06. The van der Waals surface area contributed by atoms with Crippen molar-refractivity contribution in [3.63, 3.8) is 0 Å². The Hall–Kier alpha value is -0.710. The number of carbonyl (C=O) groups excluding carboxylic acids is 1. The van der Waals surface area contributed by atoms with Gasteiger partial charge < -0.3 is 10.5 Å². The van der Waals surface area contributed by atoms with Gasteiger partial charge in [-0.25, -0.2) is 0 Å². The van der Waals surface area contributed by atoms with E-state index in [0.29, 0.717) is 18.2 Å². The number of nitrogens with two attached hydrogens (primary N) is 1. The molecule has 0 atom stereocenters. The minimum absolute atomic E-state index is 0.230. The maximum absolute atomic E-state index is 11.1. The predicted molar refractivity (Wildman–Crippen MR) is 66.7 cm³/mol. The SMILES string of the molecule is CCOC(=O)CSc1ccc(CN)cc1Cl. The largest absolute Gasteiger partial charge is 0.465 e. The zero-order chi connectivity index (χ0) is 12.0. The van der Waals surface area contributed by atoms with Gasteiger partial charge in [-0.15, -0.1) is 11.8 Å². The lowest BCUT2D eigenvalue weighted by atomic mass is 10.2. The second kappa shape index (κ2) is 6.78. The van der Waals surface area contributed by atoms with Crippen molar-refractivity contribution in [2.45, 2.75) is 18.4 Å². The Morgan fingerprint density at radius 1 is 1.56 bits per heavy atom. The lowest BCUT2D eigenvalue weighted by Crippen LogP contribution is -2.06. The minimum Gasteiger partial charge on any atom is -0.465 e. The first-order chi connectivity index (χ1) is 7.67. The van der Waals surface area contributed by atoms with E-state index in [-0.39, 0.29) is 11.7 Å². The molecule has 0 saturated heterocycles. The van der Waals surface area contributed by atoms with Crippen LogP contribution in [-0.4, -0.2) is 18.3 Å². The summed E-state index contributed by atoms with van der Waals surface area (Å²) in [4.78, 5) is 12.0. The molecule has 1 aromatic rings. The third kappa shape index (κ3) is 4.04. The maximum Gasteiger partial charge on any atom is 0.316 e. The van der Waals surface area contributed by atoms with E-state index >= 15 is 0 Å². The molecule has 88 valence electrons. The van der Waals surface area contributed by atoms with Gasteiger partial charge in [0, 0.05) is 11.4 Å². The number of ether oxygens (including phenoxy) is 1. The fourth-order valence-electron chi connectivity index (χ4n) is 1.13. The Balaban J connectivity index is 2.57. The number of carbonyl (C=O) groups is 1. The highest BCUT2D eigenvalue weighted by molar-refractivity contribution is 8.00. The molecule has 0 bridgehead atoms. The van der Waals surface area contributed by atoms with E-state index in [4.69, 9.17) is 22.1 Å². The first kappa shape index (κ1) is 13.4. The first-order valence-corrected chi connectivity index (χ1v) is 6.30. The molecular weight excluding hydrogens is 246 g/mol. The van der Waals surface area contributed by atoms with Crippen molar-refractivity contribution in [2.75, 3.05) is 12.4 Å². The van der Waals surface area contributed by atoms with E-state index in [9.17, 15) is 4.79 Å². The fourth-order valence-corrected chi connectivity index (χ4v) is 2.21. The molecule has 0 heterocycles. The third-order valence-electron chi connectivity index (χ3n) is 1.88. The number of esters is 1. The van der Waals surface area contributed by atoms with E-state index in [1.807, 2.05) is 18.2 Å². The second-order valence-corrected chi connectivity index (χ2v) is 4.49.